The number of carbonyl (C=O) groups excluding carboxylic acids is 1. The molecule has 1 saturated heterocycles. The third-order valence-electron chi connectivity index (χ3n) is 4.82. The Morgan fingerprint density at radius 1 is 1.34 bits per heavy atom. The van der Waals surface area contributed by atoms with Crippen molar-refractivity contribution in [1.29, 1.82) is 0 Å². The molecule has 2 heterocycles. The summed E-state index contributed by atoms with van der Waals surface area (Å²) in [6.45, 7) is 5.30. The van der Waals surface area contributed by atoms with E-state index in [2.05, 4.69) is 22.4 Å². The highest BCUT2D eigenvalue weighted by Gasteiger charge is 2.34. The molecular formula is C22H29N3O3S. The van der Waals surface area contributed by atoms with Gasteiger partial charge in [0.2, 0.25) is 5.13 Å². The van der Waals surface area contributed by atoms with Crippen LogP contribution in [0.4, 0.5) is 5.13 Å². The van der Waals surface area contributed by atoms with Crippen molar-refractivity contribution in [3.63, 3.8) is 0 Å². The summed E-state index contributed by atoms with van der Waals surface area (Å²) < 4.78 is 11.1. The van der Waals surface area contributed by atoms with Crippen molar-refractivity contribution in [2.24, 2.45) is 11.0 Å². The Kier molecular flexibility index (Phi) is 8.19. The summed E-state index contributed by atoms with van der Waals surface area (Å²) in [6, 6.07) is 10.0. The third-order valence-corrected chi connectivity index (χ3v) is 5.56. The minimum atomic E-state index is -0.152. The standard InChI is InChI=1S/C22H29N3O3S/c1-3-4-8-11-27-14-19-13-18(21(26)28-19)12-16(2)24-25-22-23-20(15-29-22)17-9-6-5-7-10-17/h5-7,9-10,15,18-19H,3-4,8,11-14H2,1-2H3,(H,23,25)/b24-16-/t18-,19-/m0/s1. The highest BCUT2D eigenvalue weighted by Crippen LogP contribution is 2.26. The minimum absolute atomic E-state index is 0.137. The van der Waals surface area contributed by atoms with Crippen LogP contribution in [0.15, 0.2) is 40.8 Å². The van der Waals surface area contributed by atoms with Crippen molar-refractivity contribution >= 4 is 28.1 Å². The average molecular weight is 416 g/mol. The average Bonchev–Trinajstić information content (AvgIpc) is 3.34. The molecule has 2 atom stereocenters. The predicted molar refractivity (Wildman–Crippen MR) is 117 cm³/mol. The van der Waals surface area contributed by atoms with Crippen molar-refractivity contribution in [3.05, 3.63) is 35.7 Å². The maximum absolute atomic E-state index is 12.1. The van der Waals surface area contributed by atoms with Crippen LogP contribution in [-0.2, 0) is 14.3 Å². The zero-order valence-corrected chi connectivity index (χ0v) is 17.9. The Morgan fingerprint density at radius 3 is 2.97 bits per heavy atom. The van der Waals surface area contributed by atoms with E-state index in [0.717, 1.165) is 35.1 Å². The summed E-state index contributed by atoms with van der Waals surface area (Å²) in [5.74, 6) is -0.303. The van der Waals surface area contributed by atoms with Crippen LogP contribution in [0.1, 0.15) is 46.0 Å². The Morgan fingerprint density at radius 2 is 2.17 bits per heavy atom. The Bertz CT molecular complexity index is 807. The monoisotopic (exact) mass is 415 g/mol. The van der Waals surface area contributed by atoms with Crippen LogP contribution in [0.25, 0.3) is 11.3 Å². The molecule has 0 saturated carbocycles. The molecule has 2 aromatic rings. The zero-order valence-electron chi connectivity index (χ0n) is 17.1. The molecule has 0 bridgehead atoms. The van der Waals surface area contributed by atoms with Gasteiger partial charge in [0.15, 0.2) is 0 Å². The number of carbonyl (C=O) groups is 1. The van der Waals surface area contributed by atoms with E-state index >= 15 is 0 Å². The molecule has 0 unspecified atom stereocenters. The van der Waals surface area contributed by atoms with Gasteiger partial charge in [-0.3, -0.25) is 10.2 Å². The predicted octanol–water partition coefficient (Wildman–Crippen LogP) is 5.13. The number of hydrogen-bond donors (Lipinski definition) is 1. The van der Waals surface area contributed by atoms with Gasteiger partial charge in [0.1, 0.15) is 6.10 Å². The number of rotatable bonds is 11. The van der Waals surface area contributed by atoms with Gasteiger partial charge < -0.3 is 9.47 Å². The summed E-state index contributed by atoms with van der Waals surface area (Å²) >= 11 is 1.51. The Balaban J connectivity index is 1.44. The highest BCUT2D eigenvalue weighted by atomic mass is 32.1. The smallest absolute Gasteiger partial charge is 0.309 e. The van der Waals surface area contributed by atoms with Gasteiger partial charge in [-0.15, -0.1) is 11.3 Å². The number of nitrogens with zero attached hydrogens (tertiary/aromatic N) is 2. The van der Waals surface area contributed by atoms with Gasteiger partial charge in [-0.25, -0.2) is 4.98 Å². The van der Waals surface area contributed by atoms with Crippen LogP contribution in [0, 0.1) is 5.92 Å². The molecule has 29 heavy (non-hydrogen) atoms. The number of esters is 1. The molecule has 7 heteroatoms. The fourth-order valence-electron chi connectivity index (χ4n) is 3.27. The number of cyclic esters (lactones) is 1. The van der Waals surface area contributed by atoms with Crippen molar-refractivity contribution in [2.45, 2.75) is 52.1 Å². The van der Waals surface area contributed by atoms with E-state index in [9.17, 15) is 4.79 Å². The van der Waals surface area contributed by atoms with E-state index in [0.29, 0.717) is 19.4 Å². The van der Waals surface area contributed by atoms with Crippen molar-refractivity contribution in [1.82, 2.24) is 4.98 Å². The van der Waals surface area contributed by atoms with E-state index in [1.807, 2.05) is 42.6 Å². The van der Waals surface area contributed by atoms with Crippen LogP contribution >= 0.6 is 11.3 Å². The van der Waals surface area contributed by atoms with Gasteiger partial charge in [0.05, 0.1) is 18.2 Å². The van der Waals surface area contributed by atoms with Crippen LogP contribution in [0.3, 0.4) is 0 Å². The van der Waals surface area contributed by atoms with E-state index in [4.69, 9.17) is 9.47 Å². The summed E-state index contributed by atoms with van der Waals surface area (Å²) in [5, 5.41) is 7.13. The second kappa shape index (κ2) is 11.1. The first-order chi connectivity index (χ1) is 14.2. The molecule has 6 nitrogen and oxygen atoms in total. The molecule has 3 rings (SSSR count). The molecule has 1 aliphatic rings. The molecule has 1 aromatic carbocycles. The molecule has 156 valence electrons. The summed E-state index contributed by atoms with van der Waals surface area (Å²) in [5.41, 5.74) is 5.86. The van der Waals surface area contributed by atoms with Crippen LogP contribution < -0.4 is 5.43 Å². The van der Waals surface area contributed by atoms with E-state index in [1.54, 1.807) is 0 Å². The molecule has 1 N–H and O–H groups in total. The molecule has 1 aliphatic heterocycles. The molecule has 0 amide bonds. The molecule has 1 fully saturated rings. The first-order valence-corrected chi connectivity index (χ1v) is 11.1. The molecule has 0 aliphatic carbocycles. The number of unbranched alkanes of at least 4 members (excludes halogenated alkanes) is 2. The van der Waals surface area contributed by atoms with Gasteiger partial charge in [0, 0.05) is 36.1 Å². The number of hydrazone groups is 1. The lowest BCUT2D eigenvalue weighted by Gasteiger charge is -2.09. The molecule has 0 radical (unpaired) electrons. The van der Waals surface area contributed by atoms with Crippen molar-refractivity contribution in [3.8, 4) is 11.3 Å². The second-order valence-corrected chi connectivity index (χ2v) is 8.20. The number of benzene rings is 1. The van der Waals surface area contributed by atoms with Crippen molar-refractivity contribution in [2.75, 3.05) is 18.6 Å². The van der Waals surface area contributed by atoms with E-state index < -0.39 is 0 Å². The quantitative estimate of drug-likeness (QED) is 0.238. The van der Waals surface area contributed by atoms with Crippen LogP contribution in [0.5, 0.6) is 0 Å². The van der Waals surface area contributed by atoms with E-state index in [1.165, 1.54) is 24.2 Å². The number of anilines is 1. The third kappa shape index (κ3) is 6.65. The van der Waals surface area contributed by atoms with Crippen molar-refractivity contribution < 1.29 is 14.3 Å². The Labute approximate surface area is 176 Å². The first-order valence-electron chi connectivity index (χ1n) is 10.2. The maximum atomic E-state index is 12.1. The number of aromatic nitrogens is 1. The number of hydrogen-bond acceptors (Lipinski definition) is 7. The van der Waals surface area contributed by atoms with Gasteiger partial charge in [0.25, 0.3) is 0 Å². The fraction of sp³-hybridized carbons (Fsp3) is 0.500. The summed E-state index contributed by atoms with van der Waals surface area (Å²) in [6.07, 6.45) is 4.53. The lowest BCUT2D eigenvalue weighted by atomic mass is 9.99. The number of nitrogens with one attached hydrogen (secondary N) is 1. The van der Waals surface area contributed by atoms with Crippen LogP contribution in [-0.4, -0.2) is 36.0 Å². The molecule has 1 aromatic heterocycles. The summed E-state index contributed by atoms with van der Waals surface area (Å²) in [7, 11) is 0. The van der Waals surface area contributed by atoms with Crippen LogP contribution in [0.2, 0.25) is 0 Å². The highest BCUT2D eigenvalue weighted by molar-refractivity contribution is 7.14. The first kappa shape index (κ1) is 21.5. The summed E-state index contributed by atoms with van der Waals surface area (Å²) in [4.78, 5) is 16.7. The zero-order chi connectivity index (χ0) is 20.5. The normalized spacial score (nSPS) is 19.4. The topological polar surface area (TPSA) is 72.8 Å². The minimum Gasteiger partial charge on any atom is -0.460 e. The molecule has 0 spiro atoms. The fourth-order valence-corrected chi connectivity index (χ4v) is 3.93. The van der Waals surface area contributed by atoms with Gasteiger partial charge in [-0.1, -0.05) is 50.1 Å². The largest absolute Gasteiger partial charge is 0.460 e. The SMILES string of the molecule is CCCCCOC[C@@H]1C[C@H](C/C(C)=N\Nc2nc(-c3ccccc3)cs2)C(=O)O1. The number of ether oxygens (including phenoxy) is 2. The van der Waals surface area contributed by atoms with Gasteiger partial charge >= 0.3 is 5.97 Å². The van der Waals surface area contributed by atoms with Gasteiger partial charge in [-0.2, -0.15) is 5.10 Å². The lowest BCUT2D eigenvalue weighted by molar-refractivity contribution is -0.146. The number of thiazole rings is 1. The Hall–Kier alpha value is -2.25. The van der Waals surface area contributed by atoms with Gasteiger partial charge in [-0.05, 0) is 13.3 Å². The molecular weight excluding hydrogens is 386 g/mol. The lowest BCUT2D eigenvalue weighted by Crippen LogP contribution is -2.15. The second-order valence-electron chi connectivity index (χ2n) is 7.34. The van der Waals surface area contributed by atoms with E-state index in [-0.39, 0.29) is 18.0 Å². The maximum Gasteiger partial charge on any atom is 0.309 e.